The summed E-state index contributed by atoms with van der Waals surface area (Å²) in [5.41, 5.74) is 2.15. The van der Waals surface area contributed by atoms with E-state index in [1.165, 1.54) is 0 Å². The summed E-state index contributed by atoms with van der Waals surface area (Å²) in [4.78, 5) is 4.52. The largest absolute Gasteiger partial charge is 0.493 e. The van der Waals surface area contributed by atoms with Gasteiger partial charge in [0.05, 0.1) is 23.9 Å². The number of aryl methyl sites for hydroxylation is 1. The fourth-order valence-corrected chi connectivity index (χ4v) is 4.49. The van der Waals surface area contributed by atoms with Gasteiger partial charge >= 0.3 is 0 Å². The van der Waals surface area contributed by atoms with Gasteiger partial charge in [0.25, 0.3) is 0 Å². The third-order valence-electron chi connectivity index (χ3n) is 5.16. The Labute approximate surface area is 207 Å². The SMILES string of the molecule is CN=C(NCCS(=O)(=O)c1ccccc1)NCc1ccc(C)cc1OCC1CCOC1.I. The molecule has 0 radical (unpaired) electrons. The second-order valence-corrected chi connectivity index (χ2v) is 9.75. The highest BCUT2D eigenvalue weighted by molar-refractivity contribution is 14.0. The molecular formula is C23H32IN3O4S. The van der Waals surface area contributed by atoms with Crippen LogP contribution in [0.3, 0.4) is 0 Å². The molecular weight excluding hydrogens is 541 g/mol. The van der Waals surface area contributed by atoms with E-state index in [1.54, 1.807) is 37.4 Å². The van der Waals surface area contributed by atoms with Crippen LogP contribution in [0.1, 0.15) is 17.5 Å². The second kappa shape index (κ2) is 13.0. The lowest BCUT2D eigenvalue weighted by Crippen LogP contribution is -2.39. The minimum atomic E-state index is -3.33. The Balaban J connectivity index is 0.00000363. The smallest absolute Gasteiger partial charge is 0.191 e. The predicted octanol–water partition coefficient (Wildman–Crippen LogP) is 3.17. The number of aliphatic imine (C=N–C) groups is 1. The minimum absolute atomic E-state index is 0. The molecule has 7 nitrogen and oxygen atoms in total. The number of benzene rings is 2. The van der Waals surface area contributed by atoms with Crippen LogP contribution in [0.5, 0.6) is 5.75 Å². The number of sulfone groups is 1. The zero-order chi connectivity index (χ0) is 22.1. The highest BCUT2D eigenvalue weighted by Gasteiger charge is 2.17. The van der Waals surface area contributed by atoms with Crippen LogP contribution in [0.15, 0.2) is 58.4 Å². The van der Waals surface area contributed by atoms with Gasteiger partial charge in [-0.3, -0.25) is 4.99 Å². The number of nitrogens with zero attached hydrogens (tertiary/aromatic N) is 1. The van der Waals surface area contributed by atoms with E-state index in [0.717, 1.165) is 36.5 Å². The standard InChI is InChI=1S/C23H31N3O4S.HI/c1-18-8-9-20(22(14-18)30-17-19-10-12-29-16-19)15-26-23(24-2)25-11-13-31(27,28)21-6-4-3-5-7-21;/h3-9,14,19H,10-13,15-17H2,1-2H3,(H2,24,25,26);1H. The zero-order valence-corrected chi connectivity index (χ0v) is 21.7. The van der Waals surface area contributed by atoms with Gasteiger partial charge in [-0.2, -0.15) is 0 Å². The molecule has 1 fully saturated rings. The maximum absolute atomic E-state index is 12.4. The number of halogens is 1. The van der Waals surface area contributed by atoms with Crippen molar-refractivity contribution in [2.45, 2.75) is 24.8 Å². The topological polar surface area (TPSA) is 89.0 Å². The Morgan fingerprint density at radius 2 is 1.97 bits per heavy atom. The summed E-state index contributed by atoms with van der Waals surface area (Å²) in [6.45, 7) is 5.01. The van der Waals surface area contributed by atoms with Crippen molar-refractivity contribution in [1.29, 1.82) is 0 Å². The first-order chi connectivity index (χ1) is 15.0. The fourth-order valence-electron chi connectivity index (χ4n) is 3.31. The van der Waals surface area contributed by atoms with Gasteiger partial charge in [0, 0.05) is 38.2 Å². The number of ether oxygens (including phenoxy) is 2. The average Bonchev–Trinajstić information content (AvgIpc) is 3.30. The van der Waals surface area contributed by atoms with Crippen molar-refractivity contribution in [2.24, 2.45) is 10.9 Å². The summed E-state index contributed by atoms with van der Waals surface area (Å²) >= 11 is 0. The van der Waals surface area contributed by atoms with Crippen LogP contribution in [-0.4, -0.2) is 53.5 Å². The quantitative estimate of drug-likeness (QED) is 0.272. The van der Waals surface area contributed by atoms with Gasteiger partial charge in [0.15, 0.2) is 15.8 Å². The molecule has 0 aliphatic carbocycles. The molecule has 1 atom stereocenters. The van der Waals surface area contributed by atoms with E-state index in [1.807, 2.05) is 25.1 Å². The number of nitrogens with one attached hydrogen (secondary N) is 2. The number of rotatable bonds is 9. The average molecular weight is 573 g/mol. The van der Waals surface area contributed by atoms with Crippen LogP contribution in [-0.2, 0) is 21.1 Å². The Hall–Kier alpha value is -1.85. The predicted molar refractivity (Wildman–Crippen MR) is 138 cm³/mol. The van der Waals surface area contributed by atoms with E-state index in [-0.39, 0.29) is 36.3 Å². The van der Waals surface area contributed by atoms with E-state index in [0.29, 0.717) is 29.9 Å². The normalized spacial score (nSPS) is 16.3. The molecule has 0 bridgehead atoms. The maximum atomic E-state index is 12.4. The summed E-state index contributed by atoms with van der Waals surface area (Å²) in [6.07, 6.45) is 1.03. The van der Waals surface area contributed by atoms with E-state index in [2.05, 4.69) is 15.6 Å². The van der Waals surface area contributed by atoms with Crippen LogP contribution in [0.2, 0.25) is 0 Å². The molecule has 2 aromatic carbocycles. The van der Waals surface area contributed by atoms with Crippen molar-refractivity contribution >= 4 is 39.8 Å². The Kier molecular flexibility index (Phi) is 10.7. The molecule has 0 amide bonds. The van der Waals surface area contributed by atoms with Crippen LogP contribution in [0.4, 0.5) is 0 Å². The monoisotopic (exact) mass is 573 g/mol. The second-order valence-electron chi connectivity index (χ2n) is 7.64. The first kappa shape index (κ1) is 26.4. The van der Waals surface area contributed by atoms with Crippen LogP contribution < -0.4 is 15.4 Å². The molecule has 0 spiro atoms. The van der Waals surface area contributed by atoms with Gasteiger partial charge in [-0.25, -0.2) is 8.42 Å². The maximum Gasteiger partial charge on any atom is 0.191 e. The zero-order valence-electron chi connectivity index (χ0n) is 18.5. The highest BCUT2D eigenvalue weighted by Crippen LogP contribution is 2.22. The van der Waals surface area contributed by atoms with Crippen molar-refractivity contribution in [3.05, 3.63) is 59.7 Å². The molecule has 1 heterocycles. The summed E-state index contributed by atoms with van der Waals surface area (Å²) in [5, 5.41) is 6.31. The molecule has 32 heavy (non-hydrogen) atoms. The third-order valence-corrected chi connectivity index (χ3v) is 6.89. The lowest BCUT2D eigenvalue weighted by atomic mass is 10.1. The molecule has 1 unspecified atom stereocenters. The van der Waals surface area contributed by atoms with Gasteiger partial charge in [-0.05, 0) is 37.1 Å². The van der Waals surface area contributed by atoms with E-state index >= 15 is 0 Å². The molecule has 3 rings (SSSR count). The number of guanidine groups is 1. The minimum Gasteiger partial charge on any atom is -0.493 e. The summed E-state index contributed by atoms with van der Waals surface area (Å²) < 4.78 is 36.3. The van der Waals surface area contributed by atoms with E-state index < -0.39 is 9.84 Å². The van der Waals surface area contributed by atoms with Gasteiger partial charge in [-0.1, -0.05) is 30.3 Å². The molecule has 1 saturated heterocycles. The van der Waals surface area contributed by atoms with Crippen LogP contribution in [0, 0.1) is 12.8 Å². The fraction of sp³-hybridized carbons (Fsp3) is 0.435. The molecule has 176 valence electrons. The van der Waals surface area contributed by atoms with Crippen LogP contribution >= 0.6 is 24.0 Å². The van der Waals surface area contributed by atoms with Crippen molar-refractivity contribution in [2.75, 3.05) is 39.2 Å². The first-order valence-electron chi connectivity index (χ1n) is 10.5. The molecule has 0 saturated carbocycles. The highest BCUT2D eigenvalue weighted by atomic mass is 127. The lowest BCUT2D eigenvalue weighted by molar-refractivity contribution is 0.166. The van der Waals surface area contributed by atoms with Crippen molar-refractivity contribution in [3.8, 4) is 5.75 Å². The van der Waals surface area contributed by atoms with Gasteiger partial charge in [0.1, 0.15) is 5.75 Å². The lowest BCUT2D eigenvalue weighted by Gasteiger charge is -2.17. The van der Waals surface area contributed by atoms with E-state index in [4.69, 9.17) is 9.47 Å². The molecule has 9 heteroatoms. The van der Waals surface area contributed by atoms with Gasteiger partial charge < -0.3 is 20.1 Å². The molecule has 0 aromatic heterocycles. The third kappa shape index (κ3) is 7.93. The summed E-state index contributed by atoms with van der Waals surface area (Å²) in [5.74, 6) is 1.81. The first-order valence-corrected chi connectivity index (χ1v) is 12.2. The summed E-state index contributed by atoms with van der Waals surface area (Å²) in [7, 11) is -1.67. The Morgan fingerprint density at radius 3 is 2.66 bits per heavy atom. The Morgan fingerprint density at radius 1 is 1.19 bits per heavy atom. The number of hydrogen-bond donors (Lipinski definition) is 2. The van der Waals surface area contributed by atoms with Gasteiger partial charge in [0.2, 0.25) is 0 Å². The Bertz CT molecular complexity index is 978. The van der Waals surface area contributed by atoms with Crippen molar-refractivity contribution in [1.82, 2.24) is 10.6 Å². The molecule has 2 N–H and O–H groups in total. The van der Waals surface area contributed by atoms with Gasteiger partial charge in [-0.15, -0.1) is 24.0 Å². The summed E-state index contributed by atoms with van der Waals surface area (Å²) in [6, 6.07) is 14.6. The molecule has 1 aliphatic rings. The van der Waals surface area contributed by atoms with Crippen molar-refractivity contribution in [3.63, 3.8) is 0 Å². The van der Waals surface area contributed by atoms with Crippen LogP contribution in [0.25, 0.3) is 0 Å². The molecule has 1 aliphatic heterocycles. The van der Waals surface area contributed by atoms with Crippen molar-refractivity contribution < 1.29 is 17.9 Å². The van der Waals surface area contributed by atoms with E-state index in [9.17, 15) is 8.42 Å². The molecule has 2 aromatic rings. The number of hydrogen-bond acceptors (Lipinski definition) is 5.